The SMILES string of the molecule is CCN1CCC(CNC(=O)N2C[C@@H](C)[C@H](C(=O)O)C2)CC1. The Bertz CT molecular complexity index is 380. The highest BCUT2D eigenvalue weighted by Crippen LogP contribution is 2.23. The lowest BCUT2D eigenvalue weighted by Crippen LogP contribution is -2.43. The normalized spacial score (nSPS) is 27.8. The molecule has 0 aromatic heterocycles. The Morgan fingerprint density at radius 3 is 2.43 bits per heavy atom. The minimum atomic E-state index is -0.801. The number of carboxylic acid groups (broad SMARTS) is 1. The molecule has 2 rings (SSSR count). The molecule has 0 saturated carbocycles. The first-order chi connectivity index (χ1) is 10.0. The number of carboxylic acids is 1. The van der Waals surface area contributed by atoms with E-state index in [1.54, 1.807) is 4.90 Å². The number of aliphatic carboxylic acids is 1. The Labute approximate surface area is 126 Å². The molecule has 0 aliphatic carbocycles. The molecule has 2 saturated heterocycles. The molecule has 2 amide bonds. The van der Waals surface area contributed by atoms with Gasteiger partial charge in [-0.1, -0.05) is 13.8 Å². The van der Waals surface area contributed by atoms with Crippen molar-refractivity contribution in [3.05, 3.63) is 0 Å². The number of rotatable bonds is 4. The summed E-state index contributed by atoms with van der Waals surface area (Å²) in [5.41, 5.74) is 0. The maximum atomic E-state index is 12.1. The monoisotopic (exact) mass is 297 g/mol. The van der Waals surface area contributed by atoms with Crippen molar-refractivity contribution in [1.29, 1.82) is 0 Å². The number of hydrogen-bond acceptors (Lipinski definition) is 3. The van der Waals surface area contributed by atoms with E-state index in [0.717, 1.165) is 32.5 Å². The van der Waals surface area contributed by atoms with Gasteiger partial charge in [-0.05, 0) is 44.3 Å². The average molecular weight is 297 g/mol. The lowest BCUT2D eigenvalue weighted by molar-refractivity contribution is -0.142. The maximum absolute atomic E-state index is 12.1. The zero-order valence-electron chi connectivity index (χ0n) is 13.0. The highest BCUT2D eigenvalue weighted by Gasteiger charge is 2.37. The topological polar surface area (TPSA) is 72.9 Å². The third kappa shape index (κ3) is 4.09. The molecule has 0 spiro atoms. The van der Waals surface area contributed by atoms with Crippen LogP contribution >= 0.6 is 0 Å². The number of carbonyl (C=O) groups excluding carboxylic acids is 1. The molecule has 0 unspecified atom stereocenters. The van der Waals surface area contributed by atoms with Crippen molar-refractivity contribution in [3.63, 3.8) is 0 Å². The van der Waals surface area contributed by atoms with E-state index in [9.17, 15) is 9.59 Å². The zero-order valence-corrected chi connectivity index (χ0v) is 13.0. The number of amides is 2. The van der Waals surface area contributed by atoms with Crippen LogP contribution in [0.2, 0.25) is 0 Å². The molecule has 0 bridgehead atoms. The number of hydrogen-bond donors (Lipinski definition) is 2. The van der Waals surface area contributed by atoms with E-state index in [2.05, 4.69) is 17.1 Å². The van der Waals surface area contributed by atoms with E-state index in [1.165, 1.54) is 0 Å². The Hall–Kier alpha value is -1.30. The zero-order chi connectivity index (χ0) is 15.4. The van der Waals surface area contributed by atoms with Crippen molar-refractivity contribution in [2.24, 2.45) is 17.8 Å². The molecule has 120 valence electrons. The summed E-state index contributed by atoms with van der Waals surface area (Å²) in [5, 5.41) is 12.1. The predicted octanol–water partition coefficient (Wildman–Crippen LogP) is 1.08. The molecular formula is C15H27N3O3. The van der Waals surface area contributed by atoms with E-state index in [1.807, 2.05) is 6.92 Å². The summed E-state index contributed by atoms with van der Waals surface area (Å²) in [6.07, 6.45) is 2.25. The van der Waals surface area contributed by atoms with Gasteiger partial charge in [-0.3, -0.25) is 4.79 Å². The summed E-state index contributed by atoms with van der Waals surface area (Å²) in [5.74, 6) is -0.652. The molecule has 0 aromatic rings. The van der Waals surface area contributed by atoms with Crippen molar-refractivity contribution in [2.45, 2.75) is 26.7 Å². The Morgan fingerprint density at radius 1 is 1.24 bits per heavy atom. The third-order valence-electron chi connectivity index (χ3n) is 4.91. The Kier molecular flexibility index (Phi) is 5.45. The fraction of sp³-hybridized carbons (Fsp3) is 0.867. The standard InChI is InChI=1S/C15H27N3O3/c1-3-17-6-4-12(5-7-17)8-16-15(21)18-9-11(2)13(10-18)14(19)20/h11-13H,3-10H2,1-2H3,(H,16,21)(H,19,20)/t11-,13-/m1/s1. The summed E-state index contributed by atoms with van der Waals surface area (Å²) < 4.78 is 0. The second-order valence-corrected chi connectivity index (χ2v) is 6.39. The van der Waals surface area contributed by atoms with Crippen LogP contribution in [0.3, 0.4) is 0 Å². The second kappa shape index (κ2) is 7.11. The first kappa shape index (κ1) is 16.1. The van der Waals surface area contributed by atoms with Gasteiger partial charge >= 0.3 is 12.0 Å². The van der Waals surface area contributed by atoms with Crippen LogP contribution in [0.4, 0.5) is 4.79 Å². The molecule has 6 heteroatoms. The molecule has 6 nitrogen and oxygen atoms in total. The predicted molar refractivity (Wildman–Crippen MR) is 80.1 cm³/mol. The first-order valence-electron chi connectivity index (χ1n) is 7.99. The van der Waals surface area contributed by atoms with Gasteiger partial charge in [0, 0.05) is 19.6 Å². The van der Waals surface area contributed by atoms with Gasteiger partial charge in [-0.2, -0.15) is 0 Å². The van der Waals surface area contributed by atoms with Crippen molar-refractivity contribution >= 4 is 12.0 Å². The third-order valence-corrected chi connectivity index (χ3v) is 4.91. The number of likely N-dealkylation sites (tertiary alicyclic amines) is 2. The molecule has 2 heterocycles. The van der Waals surface area contributed by atoms with E-state index in [-0.39, 0.29) is 11.9 Å². The number of piperidine rings is 1. The summed E-state index contributed by atoms with van der Waals surface area (Å²) in [6, 6.07) is -0.108. The fourth-order valence-electron chi connectivity index (χ4n) is 3.30. The number of carbonyl (C=O) groups is 2. The van der Waals surface area contributed by atoms with Gasteiger partial charge in [0.05, 0.1) is 5.92 Å². The van der Waals surface area contributed by atoms with Gasteiger partial charge in [-0.15, -0.1) is 0 Å². The lowest BCUT2D eigenvalue weighted by atomic mass is 9.97. The van der Waals surface area contributed by atoms with Gasteiger partial charge in [0.2, 0.25) is 0 Å². The largest absolute Gasteiger partial charge is 0.481 e. The van der Waals surface area contributed by atoms with Crippen LogP contribution in [0.1, 0.15) is 26.7 Å². The summed E-state index contributed by atoms with van der Waals surface area (Å²) in [4.78, 5) is 27.3. The summed E-state index contributed by atoms with van der Waals surface area (Å²) >= 11 is 0. The number of nitrogens with zero attached hydrogens (tertiary/aromatic N) is 2. The van der Waals surface area contributed by atoms with Gasteiger partial charge < -0.3 is 20.2 Å². The van der Waals surface area contributed by atoms with Crippen molar-refractivity contribution in [2.75, 3.05) is 39.3 Å². The minimum absolute atomic E-state index is 0.0287. The van der Waals surface area contributed by atoms with Crippen LogP contribution in [0.25, 0.3) is 0 Å². The van der Waals surface area contributed by atoms with Crippen LogP contribution < -0.4 is 5.32 Å². The molecule has 2 atom stereocenters. The number of urea groups is 1. The molecule has 2 aliphatic heterocycles. The first-order valence-corrected chi connectivity index (χ1v) is 7.99. The molecule has 2 fully saturated rings. The maximum Gasteiger partial charge on any atom is 0.317 e. The molecular weight excluding hydrogens is 270 g/mol. The van der Waals surface area contributed by atoms with Crippen LogP contribution in [0.15, 0.2) is 0 Å². The van der Waals surface area contributed by atoms with Gasteiger partial charge in [0.25, 0.3) is 0 Å². The lowest BCUT2D eigenvalue weighted by Gasteiger charge is -2.31. The second-order valence-electron chi connectivity index (χ2n) is 6.39. The van der Waals surface area contributed by atoms with E-state index in [4.69, 9.17) is 5.11 Å². The average Bonchev–Trinajstić information content (AvgIpc) is 2.87. The molecule has 0 radical (unpaired) electrons. The molecule has 21 heavy (non-hydrogen) atoms. The molecule has 0 aromatic carbocycles. The summed E-state index contributed by atoms with van der Waals surface area (Å²) in [7, 11) is 0. The smallest absolute Gasteiger partial charge is 0.317 e. The van der Waals surface area contributed by atoms with E-state index >= 15 is 0 Å². The Balaban J connectivity index is 1.72. The highest BCUT2D eigenvalue weighted by atomic mass is 16.4. The van der Waals surface area contributed by atoms with Gasteiger partial charge in [-0.25, -0.2) is 4.79 Å². The van der Waals surface area contributed by atoms with Crippen LogP contribution in [-0.4, -0.2) is 66.2 Å². The quantitative estimate of drug-likeness (QED) is 0.814. The van der Waals surface area contributed by atoms with Crippen LogP contribution in [-0.2, 0) is 4.79 Å². The van der Waals surface area contributed by atoms with Crippen molar-refractivity contribution in [1.82, 2.24) is 15.1 Å². The van der Waals surface area contributed by atoms with Gasteiger partial charge in [0.1, 0.15) is 0 Å². The highest BCUT2D eigenvalue weighted by molar-refractivity contribution is 5.77. The van der Waals surface area contributed by atoms with Crippen molar-refractivity contribution in [3.8, 4) is 0 Å². The van der Waals surface area contributed by atoms with Crippen LogP contribution in [0.5, 0.6) is 0 Å². The summed E-state index contributed by atoms with van der Waals surface area (Å²) in [6.45, 7) is 8.97. The van der Waals surface area contributed by atoms with E-state index < -0.39 is 11.9 Å². The Morgan fingerprint density at radius 2 is 1.90 bits per heavy atom. The van der Waals surface area contributed by atoms with Crippen molar-refractivity contribution < 1.29 is 14.7 Å². The van der Waals surface area contributed by atoms with Crippen LogP contribution in [0, 0.1) is 17.8 Å². The fourth-order valence-corrected chi connectivity index (χ4v) is 3.30. The molecule has 2 aliphatic rings. The van der Waals surface area contributed by atoms with Gasteiger partial charge in [0.15, 0.2) is 0 Å². The minimum Gasteiger partial charge on any atom is -0.481 e. The van der Waals surface area contributed by atoms with E-state index in [0.29, 0.717) is 25.6 Å². The number of nitrogens with one attached hydrogen (secondary N) is 1. The molecule has 2 N–H and O–H groups in total.